The number of hydrogen-bond acceptors (Lipinski definition) is 3. The molecule has 1 aliphatic rings. The predicted molar refractivity (Wildman–Crippen MR) is 110 cm³/mol. The van der Waals surface area contributed by atoms with Gasteiger partial charge in [-0.25, -0.2) is 9.69 Å². The Morgan fingerprint density at radius 1 is 1.14 bits per heavy atom. The standard InChI is InChI=1S/C24H29NO3/c1-17-9-8-12-19(13-17)21(24(2,3)4)15-22(26)25-20(16-28-23(25)27)14-18-10-6-5-7-11-18/h5-13,20-21H,14-16H2,1-4H3/t20?,21-/m1/s1. The zero-order valence-corrected chi connectivity index (χ0v) is 17.1. The molecule has 2 amide bonds. The maximum atomic E-state index is 13.2. The van der Waals surface area contributed by atoms with Crippen LogP contribution in [0.3, 0.4) is 0 Å². The van der Waals surface area contributed by atoms with E-state index in [-0.39, 0.29) is 36.3 Å². The van der Waals surface area contributed by atoms with Crippen molar-refractivity contribution in [2.24, 2.45) is 5.41 Å². The van der Waals surface area contributed by atoms with Gasteiger partial charge in [-0.05, 0) is 35.8 Å². The van der Waals surface area contributed by atoms with E-state index in [1.165, 1.54) is 10.5 Å². The molecule has 0 aromatic heterocycles. The van der Waals surface area contributed by atoms with Crippen molar-refractivity contribution in [1.82, 2.24) is 4.90 Å². The first-order chi connectivity index (χ1) is 13.3. The van der Waals surface area contributed by atoms with Crippen molar-refractivity contribution in [2.75, 3.05) is 6.61 Å². The summed E-state index contributed by atoms with van der Waals surface area (Å²) in [5.41, 5.74) is 3.28. The summed E-state index contributed by atoms with van der Waals surface area (Å²) >= 11 is 0. The third-order valence-electron chi connectivity index (χ3n) is 5.41. The molecule has 1 aliphatic heterocycles. The van der Waals surface area contributed by atoms with Crippen molar-refractivity contribution in [3.05, 3.63) is 71.3 Å². The van der Waals surface area contributed by atoms with Crippen molar-refractivity contribution in [3.63, 3.8) is 0 Å². The van der Waals surface area contributed by atoms with E-state index in [2.05, 4.69) is 45.9 Å². The Kier molecular flexibility index (Phi) is 5.87. The summed E-state index contributed by atoms with van der Waals surface area (Å²) in [4.78, 5) is 26.9. The average Bonchev–Trinajstić information content (AvgIpc) is 2.99. The molecule has 1 fully saturated rings. The zero-order chi connectivity index (χ0) is 20.3. The van der Waals surface area contributed by atoms with Gasteiger partial charge in [0, 0.05) is 6.42 Å². The van der Waals surface area contributed by atoms with Gasteiger partial charge >= 0.3 is 6.09 Å². The molecule has 2 aromatic carbocycles. The van der Waals surface area contributed by atoms with Crippen LogP contribution in [0.5, 0.6) is 0 Å². The Hall–Kier alpha value is -2.62. The van der Waals surface area contributed by atoms with Gasteiger partial charge in [0.15, 0.2) is 0 Å². The first-order valence-electron chi connectivity index (χ1n) is 9.85. The fourth-order valence-corrected chi connectivity index (χ4v) is 3.89. The van der Waals surface area contributed by atoms with E-state index in [1.807, 2.05) is 36.4 Å². The fourth-order valence-electron chi connectivity index (χ4n) is 3.89. The molecular weight excluding hydrogens is 350 g/mol. The highest BCUT2D eigenvalue weighted by Crippen LogP contribution is 2.39. The van der Waals surface area contributed by atoms with Crippen molar-refractivity contribution < 1.29 is 14.3 Å². The van der Waals surface area contributed by atoms with Crippen LogP contribution in [-0.4, -0.2) is 29.5 Å². The van der Waals surface area contributed by atoms with Crippen LogP contribution in [0.15, 0.2) is 54.6 Å². The van der Waals surface area contributed by atoms with Gasteiger partial charge in [-0.15, -0.1) is 0 Å². The first kappa shape index (κ1) is 20.1. The lowest BCUT2D eigenvalue weighted by atomic mass is 9.74. The summed E-state index contributed by atoms with van der Waals surface area (Å²) in [5.74, 6) is -0.143. The summed E-state index contributed by atoms with van der Waals surface area (Å²) in [6, 6.07) is 17.9. The second kappa shape index (κ2) is 8.17. The molecule has 0 aliphatic carbocycles. The lowest BCUT2D eigenvalue weighted by Crippen LogP contribution is -2.41. The average molecular weight is 380 g/mol. The summed E-state index contributed by atoms with van der Waals surface area (Å²) in [6.45, 7) is 8.72. The molecule has 0 radical (unpaired) electrons. The minimum absolute atomic E-state index is 0.0191. The Labute approximate surface area is 167 Å². The zero-order valence-electron chi connectivity index (χ0n) is 17.1. The maximum Gasteiger partial charge on any atom is 0.416 e. The number of cyclic esters (lactones) is 1. The molecule has 0 spiro atoms. The van der Waals surface area contributed by atoms with E-state index in [9.17, 15) is 9.59 Å². The van der Waals surface area contributed by atoms with E-state index >= 15 is 0 Å². The lowest BCUT2D eigenvalue weighted by Gasteiger charge is -2.32. The number of imide groups is 1. The topological polar surface area (TPSA) is 46.6 Å². The molecule has 4 heteroatoms. The molecule has 3 rings (SSSR count). The third kappa shape index (κ3) is 4.61. The number of hydrogen-bond donors (Lipinski definition) is 0. The molecule has 0 N–H and O–H groups in total. The van der Waals surface area contributed by atoms with E-state index in [0.29, 0.717) is 6.42 Å². The number of ether oxygens (including phenoxy) is 1. The molecular formula is C24H29NO3. The molecule has 2 aromatic rings. The van der Waals surface area contributed by atoms with Crippen molar-refractivity contribution in [3.8, 4) is 0 Å². The fraction of sp³-hybridized carbons (Fsp3) is 0.417. The minimum atomic E-state index is -0.525. The highest BCUT2D eigenvalue weighted by atomic mass is 16.6. The van der Waals surface area contributed by atoms with Gasteiger partial charge in [0.1, 0.15) is 6.61 Å². The van der Waals surface area contributed by atoms with Gasteiger partial charge < -0.3 is 4.74 Å². The first-order valence-corrected chi connectivity index (χ1v) is 9.85. The molecule has 1 saturated heterocycles. The van der Waals surface area contributed by atoms with Crippen molar-refractivity contribution in [2.45, 2.75) is 52.5 Å². The molecule has 0 saturated carbocycles. The van der Waals surface area contributed by atoms with E-state index in [4.69, 9.17) is 4.74 Å². The maximum absolute atomic E-state index is 13.2. The largest absolute Gasteiger partial charge is 0.447 e. The van der Waals surface area contributed by atoms with Crippen LogP contribution < -0.4 is 0 Å². The Morgan fingerprint density at radius 2 is 1.86 bits per heavy atom. The summed E-state index contributed by atoms with van der Waals surface area (Å²) in [5, 5.41) is 0. The monoisotopic (exact) mass is 379 g/mol. The molecule has 1 unspecified atom stereocenters. The van der Waals surface area contributed by atoms with Crippen molar-refractivity contribution in [1.29, 1.82) is 0 Å². The van der Waals surface area contributed by atoms with Crippen LogP contribution in [0, 0.1) is 12.3 Å². The highest BCUT2D eigenvalue weighted by molar-refractivity contribution is 5.94. The Morgan fingerprint density at radius 3 is 2.50 bits per heavy atom. The smallest absolute Gasteiger partial charge is 0.416 e. The SMILES string of the molecule is Cc1cccc([C@@H](CC(=O)N2C(=O)OCC2Cc2ccccc2)C(C)(C)C)c1. The van der Waals surface area contributed by atoms with Gasteiger partial charge in [-0.2, -0.15) is 0 Å². The third-order valence-corrected chi connectivity index (χ3v) is 5.41. The second-order valence-electron chi connectivity index (χ2n) is 8.72. The summed E-state index contributed by atoms with van der Waals surface area (Å²) < 4.78 is 5.23. The Bertz CT molecular complexity index is 838. The van der Waals surface area contributed by atoms with Crippen LogP contribution in [-0.2, 0) is 16.0 Å². The normalized spacial score (nSPS) is 18.1. The number of rotatable bonds is 5. The van der Waals surface area contributed by atoms with E-state index in [0.717, 1.165) is 11.1 Å². The second-order valence-corrected chi connectivity index (χ2v) is 8.72. The summed E-state index contributed by atoms with van der Waals surface area (Å²) in [7, 11) is 0. The van der Waals surface area contributed by atoms with Gasteiger partial charge in [0.2, 0.25) is 5.91 Å². The van der Waals surface area contributed by atoms with E-state index < -0.39 is 6.09 Å². The number of carbonyl (C=O) groups is 2. The molecule has 28 heavy (non-hydrogen) atoms. The van der Waals surface area contributed by atoms with Crippen LogP contribution >= 0.6 is 0 Å². The van der Waals surface area contributed by atoms with Crippen LogP contribution in [0.1, 0.15) is 49.8 Å². The molecule has 4 nitrogen and oxygen atoms in total. The summed E-state index contributed by atoms with van der Waals surface area (Å²) in [6.07, 6.45) is 0.374. The van der Waals surface area contributed by atoms with Gasteiger partial charge in [-0.1, -0.05) is 80.9 Å². The van der Waals surface area contributed by atoms with Crippen LogP contribution in [0.2, 0.25) is 0 Å². The van der Waals surface area contributed by atoms with Gasteiger partial charge in [0.25, 0.3) is 0 Å². The minimum Gasteiger partial charge on any atom is -0.447 e. The predicted octanol–water partition coefficient (Wildman–Crippen LogP) is 5.10. The number of benzene rings is 2. The number of amides is 2. The van der Waals surface area contributed by atoms with Gasteiger partial charge in [-0.3, -0.25) is 4.79 Å². The van der Waals surface area contributed by atoms with Gasteiger partial charge in [0.05, 0.1) is 6.04 Å². The van der Waals surface area contributed by atoms with E-state index in [1.54, 1.807) is 0 Å². The number of nitrogens with zero attached hydrogens (tertiary/aromatic N) is 1. The quantitative estimate of drug-likeness (QED) is 0.726. The van der Waals surface area contributed by atoms with Crippen LogP contribution in [0.25, 0.3) is 0 Å². The molecule has 0 bridgehead atoms. The van der Waals surface area contributed by atoms with Crippen LogP contribution in [0.4, 0.5) is 4.79 Å². The Balaban J connectivity index is 1.80. The number of carbonyl (C=O) groups excluding carboxylic acids is 2. The highest BCUT2D eigenvalue weighted by Gasteiger charge is 2.40. The van der Waals surface area contributed by atoms with Crippen molar-refractivity contribution >= 4 is 12.0 Å². The molecule has 1 heterocycles. The lowest BCUT2D eigenvalue weighted by molar-refractivity contribution is -0.130. The number of aryl methyl sites for hydroxylation is 1. The molecule has 2 atom stereocenters. The molecule has 148 valence electrons.